The van der Waals surface area contributed by atoms with E-state index >= 15 is 0 Å². The largest absolute Gasteiger partial charge is 0.489 e. The monoisotopic (exact) mass is 299 g/mol. The van der Waals surface area contributed by atoms with Gasteiger partial charge in [0.1, 0.15) is 5.75 Å². The Balaban J connectivity index is 1.84. The van der Waals surface area contributed by atoms with Gasteiger partial charge >= 0.3 is 0 Å². The molecule has 1 amide bonds. The molecule has 0 spiro atoms. The maximum absolute atomic E-state index is 12.0. The number of hydrogen-bond acceptors (Lipinski definition) is 4. The standard InChI is InChI=1S/C17H21N3O2/c1-13(2)22-16-8-4-3-7-15(16)20-17(21)12-19-11-14-6-5-9-18-10-14/h3-10,13,19H,11-12H2,1-2H3,(H,20,21). The van der Waals surface area contributed by atoms with Gasteiger partial charge in [-0.05, 0) is 37.6 Å². The Labute approximate surface area is 130 Å². The summed E-state index contributed by atoms with van der Waals surface area (Å²) in [5.41, 5.74) is 1.73. The fourth-order valence-electron chi connectivity index (χ4n) is 1.94. The molecule has 0 unspecified atom stereocenters. The topological polar surface area (TPSA) is 63.2 Å². The third-order valence-corrected chi connectivity index (χ3v) is 2.86. The van der Waals surface area contributed by atoms with Crippen LogP contribution < -0.4 is 15.4 Å². The zero-order valence-electron chi connectivity index (χ0n) is 12.9. The van der Waals surface area contributed by atoms with Gasteiger partial charge in [-0.25, -0.2) is 0 Å². The van der Waals surface area contributed by atoms with E-state index in [0.29, 0.717) is 18.0 Å². The van der Waals surface area contributed by atoms with Crippen molar-refractivity contribution in [3.05, 3.63) is 54.4 Å². The highest BCUT2D eigenvalue weighted by molar-refractivity contribution is 5.93. The third-order valence-electron chi connectivity index (χ3n) is 2.86. The molecule has 0 aliphatic rings. The van der Waals surface area contributed by atoms with Crippen LogP contribution in [0.15, 0.2) is 48.8 Å². The summed E-state index contributed by atoms with van der Waals surface area (Å²) in [4.78, 5) is 16.0. The summed E-state index contributed by atoms with van der Waals surface area (Å²) >= 11 is 0. The second-order valence-corrected chi connectivity index (χ2v) is 5.18. The predicted octanol–water partition coefficient (Wildman–Crippen LogP) is 2.60. The van der Waals surface area contributed by atoms with Gasteiger partial charge in [-0.1, -0.05) is 18.2 Å². The number of pyridine rings is 1. The highest BCUT2D eigenvalue weighted by Gasteiger charge is 2.08. The van der Waals surface area contributed by atoms with Crippen molar-refractivity contribution in [2.75, 3.05) is 11.9 Å². The molecule has 22 heavy (non-hydrogen) atoms. The van der Waals surface area contributed by atoms with Crippen LogP contribution in [0.4, 0.5) is 5.69 Å². The number of ether oxygens (including phenoxy) is 1. The van der Waals surface area contributed by atoms with Crippen LogP contribution in [-0.2, 0) is 11.3 Å². The number of benzene rings is 1. The SMILES string of the molecule is CC(C)Oc1ccccc1NC(=O)CNCc1cccnc1. The number of anilines is 1. The zero-order valence-corrected chi connectivity index (χ0v) is 12.9. The molecule has 0 atom stereocenters. The molecule has 2 rings (SSSR count). The number of carbonyl (C=O) groups is 1. The number of rotatable bonds is 7. The molecule has 1 heterocycles. The van der Waals surface area contributed by atoms with Crippen molar-refractivity contribution in [2.45, 2.75) is 26.5 Å². The Morgan fingerprint density at radius 2 is 2.05 bits per heavy atom. The van der Waals surface area contributed by atoms with Gasteiger partial charge in [0.05, 0.1) is 18.3 Å². The molecular formula is C17H21N3O2. The Morgan fingerprint density at radius 3 is 2.77 bits per heavy atom. The number of aromatic nitrogens is 1. The fourth-order valence-corrected chi connectivity index (χ4v) is 1.94. The Hall–Kier alpha value is -2.40. The van der Waals surface area contributed by atoms with Gasteiger partial charge in [0, 0.05) is 18.9 Å². The lowest BCUT2D eigenvalue weighted by Gasteiger charge is -2.14. The first kappa shape index (κ1) is 16.0. The van der Waals surface area contributed by atoms with E-state index in [0.717, 1.165) is 5.56 Å². The molecular weight excluding hydrogens is 278 g/mol. The van der Waals surface area contributed by atoms with Crippen molar-refractivity contribution in [1.82, 2.24) is 10.3 Å². The van der Waals surface area contributed by atoms with Gasteiger partial charge in [0.25, 0.3) is 0 Å². The Kier molecular flexibility index (Phi) is 5.91. The summed E-state index contributed by atoms with van der Waals surface area (Å²) in [5, 5.41) is 5.95. The molecule has 0 aliphatic heterocycles. The van der Waals surface area contributed by atoms with Gasteiger partial charge in [-0.15, -0.1) is 0 Å². The quantitative estimate of drug-likeness (QED) is 0.825. The Morgan fingerprint density at radius 1 is 1.23 bits per heavy atom. The van der Waals surface area contributed by atoms with Crippen LogP contribution in [0.25, 0.3) is 0 Å². The zero-order chi connectivity index (χ0) is 15.8. The number of hydrogen-bond donors (Lipinski definition) is 2. The van der Waals surface area contributed by atoms with Crippen LogP contribution in [0.2, 0.25) is 0 Å². The summed E-state index contributed by atoms with van der Waals surface area (Å²) in [7, 11) is 0. The molecule has 0 saturated carbocycles. The predicted molar refractivity (Wildman–Crippen MR) is 86.8 cm³/mol. The van der Waals surface area contributed by atoms with Gasteiger partial charge < -0.3 is 15.4 Å². The number of carbonyl (C=O) groups excluding carboxylic acids is 1. The van der Waals surface area contributed by atoms with Crippen LogP contribution in [0.3, 0.4) is 0 Å². The number of nitrogens with zero attached hydrogens (tertiary/aromatic N) is 1. The van der Waals surface area contributed by atoms with Crippen molar-refractivity contribution in [2.24, 2.45) is 0 Å². The fraction of sp³-hybridized carbons (Fsp3) is 0.294. The average Bonchev–Trinajstić information content (AvgIpc) is 2.50. The minimum absolute atomic E-state index is 0.0572. The average molecular weight is 299 g/mol. The second-order valence-electron chi connectivity index (χ2n) is 5.18. The first-order chi connectivity index (χ1) is 10.6. The summed E-state index contributed by atoms with van der Waals surface area (Å²) < 4.78 is 5.68. The van der Waals surface area contributed by atoms with E-state index in [9.17, 15) is 4.79 Å². The minimum atomic E-state index is -0.108. The number of para-hydroxylation sites is 2. The molecule has 5 nitrogen and oxygen atoms in total. The van der Waals surface area contributed by atoms with Crippen molar-refractivity contribution in [3.63, 3.8) is 0 Å². The van der Waals surface area contributed by atoms with E-state index < -0.39 is 0 Å². The van der Waals surface area contributed by atoms with E-state index in [1.165, 1.54) is 0 Å². The van der Waals surface area contributed by atoms with E-state index in [1.54, 1.807) is 12.4 Å². The van der Waals surface area contributed by atoms with Crippen molar-refractivity contribution in [1.29, 1.82) is 0 Å². The van der Waals surface area contributed by atoms with Crippen molar-refractivity contribution in [3.8, 4) is 5.75 Å². The number of nitrogens with one attached hydrogen (secondary N) is 2. The molecule has 0 bridgehead atoms. The third kappa shape index (κ3) is 5.18. The van der Waals surface area contributed by atoms with Crippen molar-refractivity contribution >= 4 is 11.6 Å². The highest BCUT2D eigenvalue weighted by atomic mass is 16.5. The lowest BCUT2D eigenvalue weighted by molar-refractivity contribution is -0.115. The lowest BCUT2D eigenvalue weighted by Crippen LogP contribution is -2.28. The molecule has 1 aromatic heterocycles. The van der Waals surface area contributed by atoms with Gasteiger partial charge in [-0.3, -0.25) is 9.78 Å². The van der Waals surface area contributed by atoms with E-state index in [4.69, 9.17) is 4.74 Å². The maximum Gasteiger partial charge on any atom is 0.238 e. The van der Waals surface area contributed by atoms with Gasteiger partial charge in [0.15, 0.2) is 0 Å². The molecule has 0 fully saturated rings. The van der Waals surface area contributed by atoms with Gasteiger partial charge in [-0.2, -0.15) is 0 Å². The van der Waals surface area contributed by atoms with Crippen LogP contribution in [-0.4, -0.2) is 23.5 Å². The molecule has 116 valence electrons. The van der Waals surface area contributed by atoms with Gasteiger partial charge in [0.2, 0.25) is 5.91 Å². The van der Waals surface area contributed by atoms with E-state index in [-0.39, 0.29) is 18.6 Å². The first-order valence-corrected chi connectivity index (χ1v) is 7.30. The lowest BCUT2D eigenvalue weighted by atomic mass is 10.2. The smallest absolute Gasteiger partial charge is 0.238 e. The molecule has 2 N–H and O–H groups in total. The van der Waals surface area contributed by atoms with E-state index in [2.05, 4.69) is 15.6 Å². The van der Waals surface area contributed by atoms with Crippen LogP contribution in [0, 0.1) is 0 Å². The first-order valence-electron chi connectivity index (χ1n) is 7.30. The molecule has 2 aromatic rings. The van der Waals surface area contributed by atoms with Crippen LogP contribution in [0.5, 0.6) is 5.75 Å². The summed E-state index contributed by atoms with van der Waals surface area (Å²) in [6.45, 7) is 4.73. The molecule has 0 radical (unpaired) electrons. The minimum Gasteiger partial charge on any atom is -0.489 e. The van der Waals surface area contributed by atoms with Crippen LogP contribution in [0.1, 0.15) is 19.4 Å². The molecule has 1 aromatic carbocycles. The summed E-state index contributed by atoms with van der Waals surface area (Å²) in [6, 6.07) is 11.3. The van der Waals surface area contributed by atoms with Crippen LogP contribution >= 0.6 is 0 Å². The normalized spacial score (nSPS) is 10.5. The van der Waals surface area contributed by atoms with Crippen molar-refractivity contribution < 1.29 is 9.53 Å². The highest BCUT2D eigenvalue weighted by Crippen LogP contribution is 2.24. The molecule has 0 saturated heterocycles. The summed E-state index contributed by atoms with van der Waals surface area (Å²) in [6.07, 6.45) is 3.56. The Bertz CT molecular complexity index is 600. The van der Waals surface area contributed by atoms with E-state index in [1.807, 2.05) is 50.2 Å². The summed E-state index contributed by atoms with van der Waals surface area (Å²) in [5.74, 6) is 0.571. The number of amides is 1. The maximum atomic E-state index is 12.0. The second kappa shape index (κ2) is 8.14. The molecule has 5 heteroatoms. The molecule has 0 aliphatic carbocycles.